The number of hydrogen-bond acceptors (Lipinski definition) is 2. The zero-order chi connectivity index (χ0) is 12.3. The van der Waals surface area contributed by atoms with E-state index in [0.717, 1.165) is 28.2 Å². The van der Waals surface area contributed by atoms with E-state index in [1.165, 1.54) is 0 Å². The average molecular weight is 293 g/mol. The zero-order valence-corrected chi connectivity index (χ0v) is 11.1. The second kappa shape index (κ2) is 5.27. The van der Waals surface area contributed by atoms with Crippen LogP contribution in [0.5, 0.6) is 0 Å². The molecule has 0 unspecified atom stereocenters. The molecule has 88 valence electrons. The van der Waals surface area contributed by atoms with Gasteiger partial charge in [-0.2, -0.15) is 0 Å². The Balaban J connectivity index is 2.60. The molecular formula is C13H13BrN2O. The standard InChI is InChI=1S/C13H13BrN2O/c1-2-3-4-7-16-12-6-5-11(14)8-10(12)9-15-13(16)17/h4-9H,2-3H2,1H3. The summed E-state index contributed by atoms with van der Waals surface area (Å²) in [7, 11) is 0. The number of unbranched alkanes of at least 4 members (excludes halogenated alkanes) is 1. The second-order valence-electron chi connectivity index (χ2n) is 3.79. The van der Waals surface area contributed by atoms with E-state index in [1.807, 2.05) is 24.3 Å². The average Bonchev–Trinajstić information content (AvgIpc) is 2.32. The van der Waals surface area contributed by atoms with E-state index in [2.05, 4.69) is 27.8 Å². The molecule has 1 aromatic heterocycles. The molecule has 0 N–H and O–H groups in total. The maximum Gasteiger partial charge on any atom is 0.352 e. The first kappa shape index (κ1) is 12.0. The normalized spacial score (nSPS) is 11.4. The van der Waals surface area contributed by atoms with Gasteiger partial charge in [-0.1, -0.05) is 35.4 Å². The maximum atomic E-state index is 11.7. The Bertz CT molecular complexity index is 616. The maximum absolute atomic E-state index is 11.7. The molecule has 1 heterocycles. The predicted molar refractivity (Wildman–Crippen MR) is 73.9 cm³/mol. The van der Waals surface area contributed by atoms with Gasteiger partial charge in [-0.15, -0.1) is 0 Å². The fourth-order valence-corrected chi connectivity index (χ4v) is 2.01. The van der Waals surface area contributed by atoms with Crippen LogP contribution in [0.1, 0.15) is 19.8 Å². The number of allylic oxidation sites excluding steroid dienone is 1. The molecule has 2 aromatic rings. The molecule has 0 radical (unpaired) electrons. The summed E-state index contributed by atoms with van der Waals surface area (Å²) in [4.78, 5) is 15.6. The number of aromatic nitrogens is 2. The fraction of sp³-hybridized carbons (Fsp3) is 0.231. The highest BCUT2D eigenvalue weighted by molar-refractivity contribution is 9.10. The molecule has 0 aliphatic carbocycles. The minimum Gasteiger partial charge on any atom is -0.268 e. The summed E-state index contributed by atoms with van der Waals surface area (Å²) in [6.45, 7) is 2.10. The molecule has 0 aliphatic rings. The van der Waals surface area contributed by atoms with Crippen molar-refractivity contribution in [1.29, 1.82) is 0 Å². The highest BCUT2D eigenvalue weighted by atomic mass is 79.9. The van der Waals surface area contributed by atoms with Crippen LogP contribution in [0.2, 0.25) is 0 Å². The van der Waals surface area contributed by atoms with Gasteiger partial charge in [0.15, 0.2) is 0 Å². The molecule has 0 spiro atoms. The lowest BCUT2D eigenvalue weighted by molar-refractivity contribution is 0.946. The van der Waals surface area contributed by atoms with Crippen LogP contribution in [0.25, 0.3) is 17.1 Å². The molecule has 2 rings (SSSR count). The number of benzene rings is 1. The van der Waals surface area contributed by atoms with Gasteiger partial charge in [0.1, 0.15) is 0 Å². The largest absolute Gasteiger partial charge is 0.352 e. The summed E-state index contributed by atoms with van der Waals surface area (Å²) in [6, 6.07) is 5.79. The van der Waals surface area contributed by atoms with Crippen LogP contribution in [-0.2, 0) is 0 Å². The van der Waals surface area contributed by atoms with Crippen molar-refractivity contribution in [2.45, 2.75) is 19.8 Å². The van der Waals surface area contributed by atoms with Gasteiger partial charge in [-0.3, -0.25) is 4.57 Å². The third-order valence-corrected chi connectivity index (χ3v) is 2.97. The lowest BCUT2D eigenvalue weighted by Gasteiger charge is -2.04. The van der Waals surface area contributed by atoms with Crippen LogP contribution >= 0.6 is 15.9 Å². The summed E-state index contributed by atoms with van der Waals surface area (Å²) in [5.74, 6) is 0. The molecule has 1 aromatic carbocycles. The Labute approximate surface area is 108 Å². The third kappa shape index (κ3) is 2.64. The van der Waals surface area contributed by atoms with Gasteiger partial charge in [0.05, 0.1) is 5.52 Å². The number of rotatable bonds is 3. The van der Waals surface area contributed by atoms with Crippen molar-refractivity contribution in [3.8, 4) is 0 Å². The van der Waals surface area contributed by atoms with E-state index in [-0.39, 0.29) is 5.69 Å². The van der Waals surface area contributed by atoms with Crippen molar-refractivity contribution in [2.24, 2.45) is 0 Å². The van der Waals surface area contributed by atoms with Crippen molar-refractivity contribution in [3.05, 3.63) is 45.4 Å². The van der Waals surface area contributed by atoms with Crippen molar-refractivity contribution in [1.82, 2.24) is 9.55 Å². The van der Waals surface area contributed by atoms with Gasteiger partial charge in [0.25, 0.3) is 0 Å². The first-order valence-electron chi connectivity index (χ1n) is 5.56. The SMILES string of the molecule is CCCC=Cn1c(=O)ncc2cc(Br)ccc21. The highest BCUT2D eigenvalue weighted by Gasteiger charge is 2.01. The highest BCUT2D eigenvalue weighted by Crippen LogP contribution is 2.17. The van der Waals surface area contributed by atoms with E-state index in [1.54, 1.807) is 17.0 Å². The lowest BCUT2D eigenvalue weighted by Crippen LogP contribution is -2.18. The van der Waals surface area contributed by atoms with E-state index in [9.17, 15) is 4.79 Å². The van der Waals surface area contributed by atoms with Gasteiger partial charge >= 0.3 is 5.69 Å². The molecule has 4 heteroatoms. The summed E-state index contributed by atoms with van der Waals surface area (Å²) in [5, 5.41) is 0.945. The molecule has 0 fully saturated rings. The smallest absolute Gasteiger partial charge is 0.268 e. The van der Waals surface area contributed by atoms with Crippen molar-refractivity contribution >= 4 is 33.0 Å². The van der Waals surface area contributed by atoms with E-state index < -0.39 is 0 Å². The predicted octanol–water partition coefficient (Wildman–Crippen LogP) is 3.43. The van der Waals surface area contributed by atoms with Crippen LogP contribution in [0, 0.1) is 0 Å². The first-order chi connectivity index (χ1) is 8.22. The van der Waals surface area contributed by atoms with Crippen LogP contribution in [0.15, 0.2) is 39.7 Å². The molecule has 0 saturated heterocycles. The van der Waals surface area contributed by atoms with E-state index in [4.69, 9.17) is 0 Å². The van der Waals surface area contributed by atoms with Gasteiger partial charge in [-0.05, 0) is 24.6 Å². The molecule has 0 aliphatic heterocycles. The Morgan fingerprint density at radius 3 is 3.06 bits per heavy atom. The molecular weight excluding hydrogens is 280 g/mol. The van der Waals surface area contributed by atoms with Gasteiger partial charge in [0, 0.05) is 22.3 Å². The Kier molecular flexibility index (Phi) is 3.74. The van der Waals surface area contributed by atoms with Crippen molar-refractivity contribution in [3.63, 3.8) is 0 Å². The summed E-state index contributed by atoms with van der Waals surface area (Å²) >= 11 is 3.41. The summed E-state index contributed by atoms with van der Waals surface area (Å²) in [6.07, 6.45) is 7.42. The molecule has 0 bridgehead atoms. The van der Waals surface area contributed by atoms with Gasteiger partial charge < -0.3 is 0 Å². The molecule has 3 nitrogen and oxygen atoms in total. The van der Waals surface area contributed by atoms with Crippen molar-refractivity contribution in [2.75, 3.05) is 0 Å². The Morgan fingerprint density at radius 2 is 2.29 bits per heavy atom. The summed E-state index contributed by atoms with van der Waals surface area (Å²) in [5.41, 5.74) is 0.632. The lowest BCUT2D eigenvalue weighted by atomic mass is 10.2. The van der Waals surface area contributed by atoms with Crippen LogP contribution in [-0.4, -0.2) is 9.55 Å². The van der Waals surface area contributed by atoms with Crippen molar-refractivity contribution < 1.29 is 0 Å². The molecule has 17 heavy (non-hydrogen) atoms. The van der Waals surface area contributed by atoms with Crippen LogP contribution in [0.4, 0.5) is 0 Å². The zero-order valence-electron chi connectivity index (χ0n) is 9.56. The monoisotopic (exact) mass is 292 g/mol. The van der Waals surface area contributed by atoms with Crippen LogP contribution in [0.3, 0.4) is 0 Å². The minimum absolute atomic E-state index is 0.243. The topological polar surface area (TPSA) is 34.9 Å². The molecule has 0 atom stereocenters. The second-order valence-corrected chi connectivity index (χ2v) is 4.70. The first-order valence-corrected chi connectivity index (χ1v) is 6.35. The van der Waals surface area contributed by atoms with Gasteiger partial charge in [-0.25, -0.2) is 9.78 Å². The van der Waals surface area contributed by atoms with Gasteiger partial charge in [0.2, 0.25) is 0 Å². The van der Waals surface area contributed by atoms with E-state index >= 15 is 0 Å². The number of nitrogens with zero attached hydrogens (tertiary/aromatic N) is 2. The Hall–Kier alpha value is -1.42. The summed E-state index contributed by atoms with van der Waals surface area (Å²) < 4.78 is 2.56. The number of hydrogen-bond donors (Lipinski definition) is 0. The number of fused-ring (bicyclic) bond motifs is 1. The fourth-order valence-electron chi connectivity index (χ4n) is 1.63. The molecule has 0 saturated carbocycles. The third-order valence-electron chi connectivity index (χ3n) is 2.48. The number of halogens is 1. The molecule has 0 amide bonds. The van der Waals surface area contributed by atoms with Crippen LogP contribution < -0.4 is 5.69 Å². The Morgan fingerprint density at radius 1 is 1.47 bits per heavy atom. The minimum atomic E-state index is -0.243. The van der Waals surface area contributed by atoms with E-state index in [0.29, 0.717) is 0 Å². The quantitative estimate of drug-likeness (QED) is 0.869.